The highest BCUT2D eigenvalue weighted by molar-refractivity contribution is 5.79. The van der Waals surface area contributed by atoms with Gasteiger partial charge in [-0.1, -0.05) is 47.6 Å². The molecule has 1 fully saturated rings. The second kappa shape index (κ2) is 7.70. The summed E-state index contributed by atoms with van der Waals surface area (Å²) in [5.41, 5.74) is 3.03. The van der Waals surface area contributed by atoms with Crippen molar-refractivity contribution in [3.05, 3.63) is 65.9 Å². The van der Waals surface area contributed by atoms with E-state index in [1.807, 2.05) is 47.4 Å². The Bertz CT molecular complexity index is 867. The fourth-order valence-electron chi connectivity index (χ4n) is 3.47. The molecule has 0 unspecified atom stereocenters. The third kappa shape index (κ3) is 3.78. The average molecular weight is 349 g/mol. The fourth-order valence-corrected chi connectivity index (χ4v) is 3.47. The standard InChI is InChI=1S/C21H23N3O2/c25-21(11-10-17-6-2-1-3-7-17)24-14-12-23(13-15-24)16-19-18-8-4-5-9-20(18)26-22-19/h1-9H,10-16H2. The summed E-state index contributed by atoms with van der Waals surface area (Å²) in [5, 5.41) is 5.29. The lowest BCUT2D eigenvalue weighted by atomic mass is 10.1. The van der Waals surface area contributed by atoms with Gasteiger partial charge in [-0.25, -0.2) is 0 Å². The van der Waals surface area contributed by atoms with E-state index >= 15 is 0 Å². The van der Waals surface area contributed by atoms with Gasteiger partial charge in [-0.3, -0.25) is 9.69 Å². The summed E-state index contributed by atoms with van der Waals surface area (Å²) in [5.74, 6) is 0.250. The molecular formula is C21H23N3O2. The Labute approximate surface area is 153 Å². The number of hydrogen-bond donors (Lipinski definition) is 0. The first-order chi connectivity index (χ1) is 12.8. The van der Waals surface area contributed by atoms with Gasteiger partial charge in [0.1, 0.15) is 5.69 Å². The Morgan fingerprint density at radius 1 is 0.962 bits per heavy atom. The first kappa shape index (κ1) is 16.8. The number of piperazine rings is 1. The molecule has 4 rings (SSSR count). The summed E-state index contributed by atoms with van der Waals surface area (Å²) in [7, 11) is 0. The number of nitrogens with zero attached hydrogens (tertiary/aromatic N) is 3. The van der Waals surface area contributed by atoms with Crippen molar-refractivity contribution in [1.29, 1.82) is 0 Å². The molecule has 2 aromatic carbocycles. The molecule has 134 valence electrons. The van der Waals surface area contributed by atoms with Gasteiger partial charge in [-0.2, -0.15) is 0 Å². The predicted molar refractivity (Wildman–Crippen MR) is 101 cm³/mol. The highest BCUT2D eigenvalue weighted by atomic mass is 16.5. The van der Waals surface area contributed by atoms with Crippen LogP contribution in [-0.2, 0) is 17.8 Å². The highest BCUT2D eigenvalue weighted by Gasteiger charge is 2.22. The molecule has 5 nitrogen and oxygen atoms in total. The number of aryl methyl sites for hydroxylation is 1. The third-order valence-corrected chi connectivity index (χ3v) is 5.02. The SMILES string of the molecule is O=C(CCc1ccccc1)N1CCN(Cc2noc3ccccc23)CC1. The number of carbonyl (C=O) groups is 1. The van der Waals surface area contributed by atoms with E-state index in [1.54, 1.807) is 0 Å². The Kier molecular flexibility index (Phi) is 4.97. The van der Waals surface area contributed by atoms with Crippen molar-refractivity contribution in [2.45, 2.75) is 19.4 Å². The number of amides is 1. The van der Waals surface area contributed by atoms with Crippen molar-refractivity contribution >= 4 is 16.9 Å². The smallest absolute Gasteiger partial charge is 0.222 e. The van der Waals surface area contributed by atoms with E-state index in [1.165, 1.54) is 5.56 Å². The fraction of sp³-hybridized carbons (Fsp3) is 0.333. The zero-order valence-corrected chi connectivity index (χ0v) is 14.8. The van der Waals surface area contributed by atoms with Crippen LogP contribution in [0.15, 0.2) is 59.1 Å². The molecule has 1 saturated heterocycles. The van der Waals surface area contributed by atoms with Gasteiger partial charge in [-0.15, -0.1) is 0 Å². The average Bonchev–Trinajstić information content (AvgIpc) is 3.10. The Balaban J connectivity index is 1.28. The van der Waals surface area contributed by atoms with Gasteiger partial charge in [-0.05, 0) is 24.1 Å². The van der Waals surface area contributed by atoms with Crippen LogP contribution in [0.3, 0.4) is 0 Å². The summed E-state index contributed by atoms with van der Waals surface area (Å²) in [6.07, 6.45) is 1.39. The number of carbonyl (C=O) groups excluding carboxylic acids is 1. The lowest BCUT2D eigenvalue weighted by Crippen LogP contribution is -2.48. The van der Waals surface area contributed by atoms with Crippen LogP contribution in [0.2, 0.25) is 0 Å². The molecular weight excluding hydrogens is 326 g/mol. The minimum atomic E-state index is 0.250. The molecule has 0 saturated carbocycles. The normalized spacial score (nSPS) is 15.5. The molecule has 2 heterocycles. The molecule has 0 bridgehead atoms. The van der Waals surface area contributed by atoms with Crippen LogP contribution in [0.25, 0.3) is 11.0 Å². The maximum atomic E-state index is 12.4. The van der Waals surface area contributed by atoms with E-state index in [0.717, 1.165) is 55.8 Å². The minimum absolute atomic E-state index is 0.250. The van der Waals surface area contributed by atoms with E-state index in [0.29, 0.717) is 6.42 Å². The minimum Gasteiger partial charge on any atom is -0.356 e. The predicted octanol–water partition coefficient (Wildman–Crippen LogP) is 3.10. The van der Waals surface area contributed by atoms with Gasteiger partial charge in [0.2, 0.25) is 5.91 Å². The van der Waals surface area contributed by atoms with Crippen LogP contribution in [0.5, 0.6) is 0 Å². The van der Waals surface area contributed by atoms with Crippen LogP contribution < -0.4 is 0 Å². The molecule has 0 N–H and O–H groups in total. The third-order valence-electron chi connectivity index (χ3n) is 5.02. The number of fused-ring (bicyclic) bond motifs is 1. The quantitative estimate of drug-likeness (QED) is 0.710. The molecule has 1 aromatic heterocycles. The van der Waals surface area contributed by atoms with Gasteiger partial charge in [0.05, 0.1) is 0 Å². The number of aromatic nitrogens is 1. The molecule has 0 radical (unpaired) electrons. The van der Waals surface area contributed by atoms with E-state index in [2.05, 4.69) is 22.2 Å². The van der Waals surface area contributed by atoms with Crippen molar-refractivity contribution < 1.29 is 9.32 Å². The van der Waals surface area contributed by atoms with Gasteiger partial charge in [0, 0.05) is 44.5 Å². The van der Waals surface area contributed by atoms with Crippen LogP contribution in [-0.4, -0.2) is 47.0 Å². The molecule has 26 heavy (non-hydrogen) atoms. The van der Waals surface area contributed by atoms with Crippen LogP contribution in [0.1, 0.15) is 17.7 Å². The van der Waals surface area contributed by atoms with Crippen molar-refractivity contribution in [3.63, 3.8) is 0 Å². The van der Waals surface area contributed by atoms with Gasteiger partial charge in [0.15, 0.2) is 5.58 Å². The molecule has 1 aliphatic rings. The van der Waals surface area contributed by atoms with Gasteiger partial charge in [0.25, 0.3) is 0 Å². The number of benzene rings is 2. The lowest BCUT2D eigenvalue weighted by Gasteiger charge is -2.34. The summed E-state index contributed by atoms with van der Waals surface area (Å²) in [6, 6.07) is 18.1. The maximum absolute atomic E-state index is 12.4. The van der Waals surface area contributed by atoms with Gasteiger partial charge < -0.3 is 9.42 Å². The Morgan fingerprint density at radius 2 is 1.69 bits per heavy atom. The molecule has 0 spiro atoms. The second-order valence-corrected chi connectivity index (χ2v) is 6.77. The number of para-hydroxylation sites is 1. The second-order valence-electron chi connectivity index (χ2n) is 6.77. The zero-order chi connectivity index (χ0) is 17.8. The molecule has 1 aliphatic heterocycles. The van der Waals surface area contributed by atoms with Crippen LogP contribution >= 0.6 is 0 Å². The van der Waals surface area contributed by atoms with E-state index in [-0.39, 0.29) is 5.91 Å². The van der Waals surface area contributed by atoms with E-state index in [9.17, 15) is 4.79 Å². The summed E-state index contributed by atoms with van der Waals surface area (Å²) in [6.45, 7) is 4.08. The summed E-state index contributed by atoms with van der Waals surface area (Å²) < 4.78 is 5.38. The van der Waals surface area contributed by atoms with E-state index < -0.39 is 0 Å². The van der Waals surface area contributed by atoms with Gasteiger partial charge >= 0.3 is 0 Å². The monoisotopic (exact) mass is 349 g/mol. The molecule has 0 aliphatic carbocycles. The Hall–Kier alpha value is -2.66. The molecule has 3 aromatic rings. The number of rotatable bonds is 5. The number of hydrogen-bond acceptors (Lipinski definition) is 4. The Morgan fingerprint density at radius 3 is 2.50 bits per heavy atom. The van der Waals surface area contributed by atoms with Crippen molar-refractivity contribution in [1.82, 2.24) is 15.0 Å². The van der Waals surface area contributed by atoms with Crippen molar-refractivity contribution in [3.8, 4) is 0 Å². The zero-order valence-electron chi connectivity index (χ0n) is 14.8. The maximum Gasteiger partial charge on any atom is 0.222 e. The molecule has 5 heteroatoms. The molecule has 0 atom stereocenters. The summed E-state index contributed by atoms with van der Waals surface area (Å²) in [4.78, 5) is 16.8. The lowest BCUT2D eigenvalue weighted by molar-refractivity contribution is -0.133. The molecule has 1 amide bonds. The summed E-state index contributed by atoms with van der Waals surface area (Å²) >= 11 is 0. The highest BCUT2D eigenvalue weighted by Crippen LogP contribution is 2.20. The largest absolute Gasteiger partial charge is 0.356 e. The van der Waals surface area contributed by atoms with Crippen molar-refractivity contribution in [2.24, 2.45) is 0 Å². The van der Waals surface area contributed by atoms with Crippen LogP contribution in [0, 0.1) is 0 Å². The first-order valence-corrected chi connectivity index (χ1v) is 9.17. The van der Waals surface area contributed by atoms with Crippen LogP contribution in [0.4, 0.5) is 0 Å². The van der Waals surface area contributed by atoms with Crippen molar-refractivity contribution in [2.75, 3.05) is 26.2 Å². The van der Waals surface area contributed by atoms with E-state index in [4.69, 9.17) is 4.52 Å². The topological polar surface area (TPSA) is 49.6 Å². The first-order valence-electron chi connectivity index (χ1n) is 9.17.